The molecule has 3 heteroatoms. The minimum atomic E-state index is -0.250. The fourth-order valence-corrected chi connectivity index (χ4v) is 2.75. The summed E-state index contributed by atoms with van der Waals surface area (Å²) in [4.78, 5) is 12.6. The summed E-state index contributed by atoms with van der Waals surface area (Å²) < 4.78 is 2.14. The molecule has 0 unspecified atom stereocenters. The van der Waals surface area contributed by atoms with Gasteiger partial charge >= 0.3 is 0 Å². The SMILES string of the molecule is CC(C)(C)NC(=O)c1cn(Cc2ccccc2)c2ccccc12. The number of aromatic nitrogens is 1. The fraction of sp³-hybridized carbons (Fsp3) is 0.250. The summed E-state index contributed by atoms with van der Waals surface area (Å²) in [5.41, 5.74) is 2.78. The number of nitrogens with zero attached hydrogens (tertiary/aromatic N) is 1. The van der Waals surface area contributed by atoms with Crippen molar-refractivity contribution in [2.45, 2.75) is 32.9 Å². The van der Waals surface area contributed by atoms with Gasteiger partial charge in [-0.15, -0.1) is 0 Å². The van der Waals surface area contributed by atoms with E-state index in [4.69, 9.17) is 0 Å². The number of hydrogen-bond donors (Lipinski definition) is 1. The molecular weight excluding hydrogens is 284 g/mol. The highest BCUT2D eigenvalue weighted by Gasteiger charge is 2.19. The van der Waals surface area contributed by atoms with Gasteiger partial charge < -0.3 is 9.88 Å². The molecule has 1 aromatic heterocycles. The monoisotopic (exact) mass is 306 g/mol. The van der Waals surface area contributed by atoms with Gasteiger partial charge in [-0.1, -0.05) is 48.5 Å². The Hall–Kier alpha value is -2.55. The predicted octanol–water partition coefficient (Wildman–Crippen LogP) is 4.22. The molecule has 1 N–H and O–H groups in total. The van der Waals surface area contributed by atoms with Crippen LogP contribution in [0.4, 0.5) is 0 Å². The first kappa shape index (κ1) is 15.3. The van der Waals surface area contributed by atoms with Crippen molar-refractivity contribution in [3.8, 4) is 0 Å². The van der Waals surface area contributed by atoms with E-state index in [1.807, 2.05) is 63.4 Å². The molecule has 1 heterocycles. The molecule has 0 aliphatic carbocycles. The number of hydrogen-bond acceptors (Lipinski definition) is 1. The summed E-state index contributed by atoms with van der Waals surface area (Å²) in [5, 5.41) is 4.04. The van der Waals surface area contributed by atoms with Crippen LogP contribution in [0.1, 0.15) is 36.7 Å². The lowest BCUT2D eigenvalue weighted by molar-refractivity contribution is 0.0921. The third-order valence-corrected chi connectivity index (χ3v) is 3.72. The van der Waals surface area contributed by atoms with Crippen LogP contribution in [0.3, 0.4) is 0 Å². The number of nitrogens with one attached hydrogen (secondary N) is 1. The lowest BCUT2D eigenvalue weighted by atomic mass is 10.1. The van der Waals surface area contributed by atoms with Crippen molar-refractivity contribution in [3.63, 3.8) is 0 Å². The normalized spacial score (nSPS) is 11.6. The van der Waals surface area contributed by atoms with Crippen molar-refractivity contribution in [2.75, 3.05) is 0 Å². The van der Waals surface area contributed by atoms with Gasteiger partial charge in [-0.05, 0) is 32.4 Å². The third kappa shape index (κ3) is 3.45. The average Bonchev–Trinajstić information content (AvgIpc) is 2.86. The molecule has 3 aromatic rings. The first-order valence-electron chi connectivity index (χ1n) is 7.88. The van der Waals surface area contributed by atoms with Crippen LogP contribution in [0.15, 0.2) is 60.8 Å². The Morgan fingerprint density at radius 2 is 1.65 bits per heavy atom. The highest BCUT2D eigenvalue weighted by atomic mass is 16.1. The number of carbonyl (C=O) groups is 1. The lowest BCUT2D eigenvalue weighted by Crippen LogP contribution is -2.40. The van der Waals surface area contributed by atoms with Crippen molar-refractivity contribution in [1.82, 2.24) is 9.88 Å². The molecule has 118 valence electrons. The largest absolute Gasteiger partial charge is 0.347 e. The average molecular weight is 306 g/mol. The first-order chi connectivity index (χ1) is 10.9. The van der Waals surface area contributed by atoms with Gasteiger partial charge in [-0.2, -0.15) is 0 Å². The second kappa shape index (κ2) is 5.92. The molecule has 0 bridgehead atoms. The zero-order chi connectivity index (χ0) is 16.4. The van der Waals surface area contributed by atoms with E-state index < -0.39 is 0 Å². The van der Waals surface area contributed by atoms with Crippen molar-refractivity contribution in [2.24, 2.45) is 0 Å². The van der Waals surface area contributed by atoms with E-state index in [2.05, 4.69) is 28.1 Å². The summed E-state index contributed by atoms with van der Waals surface area (Å²) >= 11 is 0. The summed E-state index contributed by atoms with van der Waals surface area (Å²) in [6, 6.07) is 18.3. The van der Waals surface area contributed by atoms with Gasteiger partial charge in [0.05, 0.1) is 5.56 Å². The Morgan fingerprint density at radius 1 is 1.00 bits per heavy atom. The summed E-state index contributed by atoms with van der Waals surface area (Å²) in [7, 11) is 0. The highest BCUT2D eigenvalue weighted by molar-refractivity contribution is 6.07. The summed E-state index contributed by atoms with van der Waals surface area (Å²) in [5.74, 6) is -0.0273. The van der Waals surface area contributed by atoms with Crippen LogP contribution in [0, 0.1) is 0 Å². The highest BCUT2D eigenvalue weighted by Crippen LogP contribution is 2.23. The Balaban J connectivity index is 2.02. The fourth-order valence-electron chi connectivity index (χ4n) is 2.75. The van der Waals surface area contributed by atoms with Gasteiger partial charge in [-0.25, -0.2) is 0 Å². The standard InChI is InChI=1S/C20H22N2O/c1-20(2,3)21-19(23)17-14-22(13-15-9-5-4-6-10-15)18-12-8-7-11-16(17)18/h4-12,14H,13H2,1-3H3,(H,21,23). The Kier molecular flexibility index (Phi) is 3.95. The van der Waals surface area contributed by atoms with Crippen LogP contribution < -0.4 is 5.32 Å². The zero-order valence-corrected chi connectivity index (χ0v) is 13.8. The minimum Gasteiger partial charge on any atom is -0.347 e. The van der Waals surface area contributed by atoms with E-state index in [1.54, 1.807) is 0 Å². The number of rotatable bonds is 3. The quantitative estimate of drug-likeness (QED) is 0.772. The smallest absolute Gasteiger partial charge is 0.253 e. The molecule has 3 nitrogen and oxygen atoms in total. The second-order valence-corrected chi connectivity index (χ2v) is 6.88. The molecule has 0 aliphatic heterocycles. The molecule has 1 amide bonds. The zero-order valence-electron chi connectivity index (χ0n) is 13.8. The van der Waals surface area contributed by atoms with Gasteiger partial charge in [0, 0.05) is 29.2 Å². The predicted molar refractivity (Wildman–Crippen MR) is 94.7 cm³/mol. The summed E-state index contributed by atoms with van der Waals surface area (Å²) in [6.45, 7) is 6.74. The Morgan fingerprint density at radius 3 is 2.35 bits per heavy atom. The van der Waals surface area contributed by atoms with Crippen molar-refractivity contribution in [3.05, 3.63) is 71.9 Å². The van der Waals surface area contributed by atoms with Crippen molar-refractivity contribution < 1.29 is 4.79 Å². The van der Waals surface area contributed by atoms with Crippen LogP contribution in [0.5, 0.6) is 0 Å². The van der Waals surface area contributed by atoms with E-state index in [-0.39, 0.29) is 11.4 Å². The number of amides is 1. The molecule has 0 spiro atoms. The molecule has 0 radical (unpaired) electrons. The molecule has 23 heavy (non-hydrogen) atoms. The van der Waals surface area contributed by atoms with Crippen LogP contribution in [-0.2, 0) is 6.54 Å². The maximum Gasteiger partial charge on any atom is 0.253 e. The van der Waals surface area contributed by atoms with Crippen molar-refractivity contribution in [1.29, 1.82) is 0 Å². The molecule has 0 fully saturated rings. The third-order valence-electron chi connectivity index (χ3n) is 3.72. The van der Waals surface area contributed by atoms with Gasteiger partial charge in [0.1, 0.15) is 0 Å². The second-order valence-electron chi connectivity index (χ2n) is 6.88. The Labute approximate surface area is 136 Å². The topological polar surface area (TPSA) is 34.0 Å². The maximum atomic E-state index is 12.6. The molecule has 2 aromatic carbocycles. The lowest BCUT2D eigenvalue weighted by Gasteiger charge is -2.20. The number of carbonyl (C=O) groups excluding carboxylic acids is 1. The van der Waals surface area contributed by atoms with E-state index in [9.17, 15) is 4.79 Å². The van der Waals surface area contributed by atoms with Crippen LogP contribution in [-0.4, -0.2) is 16.0 Å². The minimum absolute atomic E-state index is 0.0273. The molecule has 0 saturated carbocycles. The van der Waals surface area contributed by atoms with Crippen molar-refractivity contribution >= 4 is 16.8 Å². The number of fused-ring (bicyclic) bond motifs is 1. The molecule has 3 rings (SSSR count). The molecule has 0 saturated heterocycles. The van der Waals surface area contributed by atoms with Crippen LogP contribution >= 0.6 is 0 Å². The van der Waals surface area contributed by atoms with Gasteiger partial charge in [0.15, 0.2) is 0 Å². The van der Waals surface area contributed by atoms with Crippen LogP contribution in [0.25, 0.3) is 10.9 Å². The molecule has 0 aliphatic rings. The van der Waals surface area contributed by atoms with E-state index in [0.29, 0.717) is 0 Å². The molecular formula is C20H22N2O. The number of benzene rings is 2. The first-order valence-corrected chi connectivity index (χ1v) is 7.88. The molecule has 0 atom stereocenters. The Bertz CT molecular complexity index is 826. The summed E-state index contributed by atoms with van der Waals surface area (Å²) in [6.07, 6.45) is 1.96. The van der Waals surface area contributed by atoms with E-state index in [1.165, 1.54) is 5.56 Å². The van der Waals surface area contributed by atoms with E-state index >= 15 is 0 Å². The van der Waals surface area contributed by atoms with Gasteiger partial charge in [0.2, 0.25) is 0 Å². The van der Waals surface area contributed by atoms with Gasteiger partial charge in [0.25, 0.3) is 5.91 Å². The van der Waals surface area contributed by atoms with Crippen LogP contribution in [0.2, 0.25) is 0 Å². The maximum absolute atomic E-state index is 12.6. The van der Waals surface area contributed by atoms with Gasteiger partial charge in [-0.3, -0.25) is 4.79 Å². The number of para-hydroxylation sites is 1. The van der Waals surface area contributed by atoms with E-state index in [0.717, 1.165) is 23.0 Å².